The number of ether oxygens (including phenoxy) is 3. The normalized spacial score (nSPS) is 16.6. The van der Waals surface area contributed by atoms with E-state index in [1.807, 2.05) is 84.4 Å². The van der Waals surface area contributed by atoms with Crippen LogP contribution in [0.25, 0.3) is 5.69 Å². The number of hydrogen-bond donors (Lipinski definition) is 0. The SMILES string of the molecule is CCC1(c2ccc(CSc3ccc(OC)cc3OC)cc2)Oc2ccccc2-n2cccc2C1=O. The first-order valence-corrected chi connectivity index (χ1v) is 12.5. The van der Waals surface area contributed by atoms with Crippen LogP contribution in [0.2, 0.25) is 0 Å². The van der Waals surface area contributed by atoms with E-state index in [1.165, 1.54) is 0 Å². The monoisotopic (exact) mass is 485 g/mol. The number of hydrogen-bond acceptors (Lipinski definition) is 5. The number of rotatable bonds is 7. The quantitative estimate of drug-likeness (QED) is 0.274. The van der Waals surface area contributed by atoms with Gasteiger partial charge in [0.2, 0.25) is 5.78 Å². The van der Waals surface area contributed by atoms with Crippen LogP contribution in [0.3, 0.4) is 0 Å². The fourth-order valence-corrected chi connectivity index (χ4v) is 5.48. The summed E-state index contributed by atoms with van der Waals surface area (Å²) in [7, 11) is 3.31. The average molecular weight is 486 g/mol. The predicted molar refractivity (Wildman–Crippen MR) is 138 cm³/mol. The van der Waals surface area contributed by atoms with Crippen molar-refractivity contribution in [1.29, 1.82) is 0 Å². The molecule has 35 heavy (non-hydrogen) atoms. The minimum atomic E-state index is -1.09. The van der Waals surface area contributed by atoms with Crippen LogP contribution in [0.15, 0.2) is 90.0 Å². The summed E-state index contributed by atoms with van der Waals surface area (Å²) in [6, 6.07) is 25.6. The molecule has 0 saturated carbocycles. The Bertz CT molecular complexity index is 1360. The summed E-state index contributed by atoms with van der Waals surface area (Å²) in [5.41, 5.74) is 2.41. The lowest BCUT2D eigenvalue weighted by molar-refractivity contribution is 0.0424. The Hall–Kier alpha value is -3.64. The van der Waals surface area contributed by atoms with Crippen LogP contribution in [0.1, 0.15) is 35.0 Å². The van der Waals surface area contributed by atoms with Crippen LogP contribution in [0, 0.1) is 0 Å². The second-order valence-electron chi connectivity index (χ2n) is 8.35. The van der Waals surface area contributed by atoms with E-state index < -0.39 is 5.60 Å². The molecule has 2 heterocycles. The van der Waals surface area contributed by atoms with Gasteiger partial charge in [0.1, 0.15) is 17.2 Å². The molecule has 3 aromatic carbocycles. The lowest BCUT2D eigenvalue weighted by Crippen LogP contribution is -2.41. The average Bonchev–Trinajstić information content (AvgIpc) is 3.37. The van der Waals surface area contributed by atoms with Gasteiger partial charge < -0.3 is 18.8 Å². The first-order chi connectivity index (χ1) is 17.1. The van der Waals surface area contributed by atoms with Crippen LogP contribution in [-0.4, -0.2) is 24.6 Å². The van der Waals surface area contributed by atoms with Crippen molar-refractivity contribution in [3.05, 3.63) is 102 Å². The van der Waals surface area contributed by atoms with E-state index in [2.05, 4.69) is 12.1 Å². The van der Waals surface area contributed by atoms with Gasteiger partial charge in [-0.25, -0.2) is 0 Å². The van der Waals surface area contributed by atoms with Crippen molar-refractivity contribution in [2.45, 2.75) is 29.6 Å². The number of carbonyl (C=O) groups is 1. The van der Waals surface area contributed by atoms with Crippen LogP contribution >= 0.6 is 11.8 Å². The number of methoxy groups -OCH3 is 2. The lowest BCUT2D eigenvalue weighted by atomic mass is 9.84. The molecule has 0 spiro atoms. The summed E-state index contributed by atoms with van der Waals surface area (Å²) >= 11 is 1.69. The van der Waals surface area contributed by atoms with E-state index >= 15 is 0 Å². The van der Waals surface area contributed by atoms with Gasteiger partial charge in [0.05, 0.1) is 25.6 Å². The van der Waals surface area contributed by atoms with Crippen molar-refractivity contribution in [3.63, 3.8) is 0 Å². The third-order valence-electron chi connectivity index (χ3n) is 6.44. The topological polar surface area (TPSA) is 49.7 Å². The summed E-state index contributed by atoms with van der Waals surface area (Å²) in [4.78, 5) is 14.9. The highest BCUT2D eigenvalue weighted by molar-refractivity contribution is 7.98. The molecule has 0 aliphatic carbocycles. The number of ketones is 1. The molecule has 5 rings (SSSR count). The molecule has 178 valence electrons. The van der Waals surface area contributed by atoms with Gasteiger partial charge in [-0.2, -0.15) is 0 Å². The Kier molecular flexibility index (Phi) is 6.31. The first-order valence-electron chi connectivity index (χ1n) is 11.5. The fourth-order valence-electron chi connectivity index (χ4n) is 4.51. The maximum Gasteiger partial charge on any atom is 0.227 e. The van der Waals surface area contributed by atoms with Crippen molar-refractivity contribution in [2.24, 2.45) is 0 Å². The number of thioether (sulfide) groups is 1. The molecule has 0 bridgehead atoms. The molecule has 1 aliphatic rings. The summed E-state index contributed by atoms with van der Waals surface area (Å²) in [5, 5.41) is 0. The van der Waals surface area contributed by atoms with E-state index in [-0.39, 0.29) is 5.78 Å². The zero-order chi connectivity index (χ0) is 24.4. The van der Waals surface area contributed by atoms with Crippen molar-refractivity contribution >= 4 is 17.5 Å². The van der Waals surface area contributed by atoms with Gasteiger partial charge in [0, 0.05) is 28.5 Å². The molecule has 1 aliphatic heterocycles. The Morgan fingerprint density at radius 2 is 1.74 bits per heavy atom. The molecule has 6 heteroatoms. The molecule has 0 saturated heterocycles. The van der Waals surface area contributed by atoms with Crippen LogP contribution in [-0.2, 0) is 11.4 Å². The lowest BCUT2D eigenvalue weighted by Gasteiger charge is -2.31. The number of fused-ring (bicyclic) bond motifs is 3. The fraction of sp³-hybridized carbons (Fsp3) is 0.207. The molecular formula is C29H27NO4S. The van der Waals surface area contributed by atoms with E-state index in [0.29, 0.717) is 17.9 Å². The molecule has 1 atom stereocenters. The second-order valence-corrected chi connectivity index (χ2v) is 9.36. The Morgan fingerprint density at radius 3 is 2.49 bits per heavy atom. The summed E-state index contributed by atoms with van der Waals surface area (Å²) < 4.78 is 19.3. The van der Waals surface area contributed by atoms with Crippen molar-refractivity contribution < 1.29 is 19.0 Å². The van der Waals surface area contributed by atoms with Crippen molar-refractivity contribution in [1.82, 2.24) is 4.57 Å². The number of benzene rings is 3. The zero-order valence-corrected chi connectivity index (χ0v) is 20.8. The molecule has 0 radical (unpaired) electrons. The highest BCUT2D eigenvalue weighted by Gasteiger charge is 2.45. The molecule has 0 N–H and O–H groups in total. The van der Waals surface area contributed by atoms with Crippen molar-refractivity contribution in [2.75, 3.05) is 14.2 Å². The van der Waals surface area contributed by atoms with Crippen LogP contribution in [0.4, 0.5) is 0 Å². The zero-order valence-electron chi connectivity index (χ0n) is 20.0. The van der Waals surface area contributed by atoms with Crippen molar-refractivity contribution in [3.8, 4) is 22.9 Å². The predicted octanol–water partition coefficient (Wildman–Crippen LogP) is 6.67. The number of aromatic nitrogens is 1. The summed E-state index contributed by atoms with van der Waals surface area (Å²) in [5.74, 6) is 2.98. The van der Waals surface area contributed by atoms with Gasteiger partial charge in [-0.15, -0.1) is 11.8 Å². The largest absolute Gasteiger partial charge is 0.497 e. The number of carbonyl (C=O) groups excluding carboxylic acids is 1. The summed E-state index contributed by atoms with van der Waals surface area (Å²) in [6.07, 6.45) is 2.43. The Morgan fingerprint density at radius 1 is 0.943 bits per heavy atom. The van der Waals surface area contributed by atoms with E-state index in [4.69, 9.17) is 14.2 Å². The highest BCUT2D eigenvalue weighted by atomic mass is 32.2. The van der Waals surface area contributed by atoms with Gasteiger partial charge in [0.25, 0.3) is 0 Å². The smallest absolute Gasteiger partial charge is 0.227 e. The maximum atomic E-state index is 13.9. The Balaban J connectivity index is 1.44. The number of nitrogens with zero attached hydrogens (tertiary/aromatic N) is 1. The first kappa shape index (κ1) is 23.1. The molecule has 5 nitrogen and oxygen atoms in total. The van der Waals surface area contributed by atoms with Gasteiger partial charge in [0.15, 0.2) is 5.60 Å². The molecular weight excluding hydrogens is 458 g/mol. The van der Waals surface area contributed by atoms with Gasteiger partial charge in [-0.3, -0.25) is 4.79 Å². The highest BCUT2D eigenvalue weighted by Crippen LogP contribution is 2.41. The van der Waals surface area contributed by atoms with Crippen LogP contribution in [0.5, 0.6) is 17.2 Å². The number of Topliss-reactive ketones (excluding diaryl/α,β-unsaturated/α-hetero) is 1. The number of para-hydroxylation sites is 2. The van der Waals surface area contributed by atoms with E-state index in [1.54, 1.807) is 26.0 Å². The maximum absolute atomic E-state index is 13.9. The Labute approximate surface area is 209 Å². The molecule has 0 amide bonds. The molecule has 1 unspecified atom stereocenters. The van der Waals surface area contributed by atoms with Gasteiger partial charge in [-0.05, 0) is 48.4 Å². The van der Waals surface area contributed by atoms with Crippen LogP contribution < -0.4 is 14.2 Å². The van der Waals surface area contributed by atoms with E-state index in [9.17, 15) is 4.79 Å². The minimum Gasteiger partial charge on any atom is -0.497 e. The third kappa shape index (κ3) is 4.08. The molecule has 1 aromatic heterocycles. The molecule has 4 aromatic rings. The van der Waals surface area contributed by atoms with Gasteiger partial charge in [-0.1, -0.05) is 43.3 Å². The second kappa shape index (κ2) is 9.55. The van der Waals surface area contributed by atoms with E-state index in [0.717, 1.165) is 39.0 Å². The summed E-state index contributed by atoms with van der Waals surface area (Å²) in [6.45, 7) is 2.00. The third-order valence-corrected chi connectivity index (χ3v) is 7.57. The minimum absolute atomic E-state index is 0.0358. The molecule has 0 fully saturated rings. The standard InChI is InChI=1S/C29H27NO4S/c1-4-29(28(31)24-9-7-17-30(24)23-8-5-6-10-25(23)34-29)21-13-11-20(12-14-21)19-35-27-16-15-22(32-2)18-26(27)33-3/h5-18H,4,19H2,1-3H3. The van der Waals surface area contributed by atoms with Gasteiger partial charge >= 0.3 is 0 Å².